The number of hydrogen-bond acceptors (Lipinski definition) is 17. The number of rotatable bonds is 17. The molecule has 0 bridgehead atoms. The second-order valence-corrected chi connectivity index (χ2v) is 33.2. The summed E-state index contributed by atoms with van der Waals surface area (Å²) in [6, 6.07) is 8.03. The molecule has 3 unspecified atom stereocenters. The molecule has 5 aliphatic carbocycles. The lowest BCUT2D eigenvalue weighted by Gasteiger charge is -2.16. The first kappa shape index (κ1) is 56.4. The van der Waals surface area contributed by atoms with Crippen LogP contribution in [0.15, 0.2) is 68.0 Å². The highest BCUT2D eigenvalue weighted by Crippen LogP contribution is 2.50. The van der Waals surface area contributed by atoms with E-state index in [2.05, 4.69) is 146 Å². The van der Waals surface area contributed by atoms with Crippen LogP contribution in [0.4, 0.5) is 0 Å². The number of hydrogen-bond donors (Lipinski definition) is 2. The van der Waals surface area contributed by atoms with Gasteiger partial charge in [0.05, 0.1) is 59.6 Å². The normalized spacial score (nSPS) is 24.5. The minimum Gasteiger partial charge on any atom is -0.361 e. The van der Waals surface area contributed by atoms with Gasteiger partial charge in [-0.3, -0.25) is 17.4 Å². The van der Waals surface area contributed by atoms with Gasteiger partial charge in [-0.25, -0.2) is 34.3 Å². The highest BCUT2D eigenvalue weighted by molar-refractivity contribution is 7.86. The van der Waals surface area contributed by atoms with Gasteiger partial charge in [0, 0.05) is 62.9 Å². The second-order valence-electron chi connectivity index (χ2n) is 26.0. The van der Waals surface area contributed by atoms with E-state index in [4.69, 9.17) is 14.0 Å². The summed E-state index contributed by atoms with van der Waals surface area (Å²) in [5.74, 6) is 8.59. The fraction of sp³-hybridized carbons (Fsp3) is 0.576. The van der Waals surface area contributed by atoms with Crippen LogP contribution in [-0.4, -0.2) is 138 Å². The molecule has 11 aromatic heterocycles. The van der Waals surface area contributed by atoms with Crippen LogP contribution < -0.4 is 0 Å². The molecule has 0 spiro atoms. The maximum Gasteiger partial charge on any atom is 0.264 e. The van der Waals surface area contributed by atoms with Gasteiger partial charge in [0.1, 0.15) is 42.7 Å². The van der Waals surface area contributed by atoms with Crippen molar-refractivity contribution in [3.05, 3.63) is 97.2 Å². The van der Waals surface area contributed by atoms with Crippen molar-refractivity contribution >= 4 is 68.6 Å². The van der Waals surface area contributed by atoms with Crippen molar-refractivity contribution in [1.29, 1.82) is 0 Å². The van der Waals surface area contributed by atoms with Crippen molar-refractivity contribution in [2.75, 3.05) is 12.9 Å². The summed E-state index contributed by atoms with van der Waals surface area (Å²) in [7, 11) is -4.63. The highest BCUT2D eigenvalue weighted by atomic mass is 32.2. The van der Waals surface area contributed by atoms with E-state index >= 15 is 0 Å². The molecule has 5 aliphatic rings. The monoisotopic (exact) mass is 1200 g/mol. The van der Waals surface area contributed by atoms with Crippen LogP contribution in [0.3, 0.4) is 0 Å². The molecule has 11 heterocycles. The fourth-order valence-corrected chi connectivity index (χ4v) is 15.6. The first-order valence-electron chi connectivity index (χ1n) is 31.0. The SMILES string of the molecule is CCC1CC(OS(C)(=O)=O)CC1c1nnc2cnc3c(ccn3COCC[Si](C)(C)C)n12.CC[C@@H]1C[C@H](n2cnc(C3CC3)n2)C[C@@H]1c1nnc2cnc3[nH]ccc3n12.CC[C@@H]1C[C@H](n2ncnc2C2CC2)C[C@@H]1c1nnc2cnc3[nH]ccc3n12. The summed E-state index contributed by atoms with van der Waals surface area (Å²) in [5, 5.41) is 36.2. The molecule has 0 amide bonds. The third-order valence-electron chi connectivity index (χ3n) is 18.9. The third kappa shape index (κ3) is 11.0. The number of nitrogens with zero attached hydrogens (tertiary/aromatic N) is 19. The van der Waals surface area contributed by atoms with E-state index in [0.717, 1.165) is 132 Å². The van der Waals surface area contributed by atoms with Crippen LogP contribution in [0.5, 0.6) is 0 Å². The van der Waals surface area contributed by atoms with Gasteiger partial charge in [0.2, 0.25) is 0 Å². The Balaban J connectivity index is 0.000000114. The van der Waals surface area contributed by atoms with Crippen molar-refractivity contribution in [3.63, 3.8) is 0 Å². The Labute approximate surface area is 498 Å². The average Bonchev–Trinajstić information content (AvgIpc) is 2.06. The summed E-state index contributed by atoms with van der Waals surface area (Å²) >= 11 is 0. The van der Waals surface area contributed by atoms with Crippen molar-refractivity contribution in [2.45, 2.75) is 184 Å². The van der Waals surface area contributed by atoms with Gasteiger partial charge in [0.25, 0.3) is 10.1 Å². The molecule has 0 saturated heterocycles. The molecular formula is C59H77N21O4SSi. The number of nitrogens with one attached hydrogen (secondary N) is 2. The molecular weight excluding hydrogens is 1130 g/mol. The summed E-state index contributed by atoms with van der Waals surface area (Å²) in [4.78, 5) is 29.0. The number of aromatic nitrogens is 21. The van der Waals surface area contributed by atoms with Gasteiger partial charge >= 0.3 is 0 Å². The van der Waals surface area contributed by atoms with Gasteiger partial charge in [-0.15, -0.1) is 30.6 Å². The first-order valence-corrected chi connectivity index (χ1v) is 36.5. The molecule has 9 atom stereocenters. The van der Waals surface area contributed by atoms with Gasteiger partial charge in [-0.2, -0.15) is 18.6 Å². The second kappa shape index (κ2) is 22.7. The minimum atomic E-state index is -3.49. The standard InChI is InChI=1S/C21H33N5O4SSi.2C19H22N8/c1-6-15-11-16(30-31(2,27)28)12-17(15)20-24-23-19-13-22-21-18(26(19)20)7-8-25(21)14-29-9-10-32(3,4)5;1-2-11-7-13(27-18(12-3-4-12)22-10-23-27)8-14(11)19-25-24-16-9-21-17-15(26(16)19)5-6-20-17;1-2-11-7-13(26-10-22-17(25-26)12-3-4-12)8-14(11)19-24-23-16-9-21-18-15(27(16)19)5-6-20-18/h7-8,13,15-17H,6,9-12,14H2,1-5H3;2*5-6,9-14,20H,2-4,7-8H2,1H3/t;2*11-,13+,14+/m.11/s1. The minimum absolute atomic E-state index is 0.0729. The average molecular weight is 1200 g/mol. The molecule has 0 aromatic carbocycles. The zero-order valence-corrected chi connectivity index (χ0v) is 51.9. The largest absolute Gasteiger partial charge is 0.361 e. The molecule has 0 radical (unpaired) electrons. The quantitative estimate of drug-likeness (QED) is 0.0487. The van der Waals surface area contributed by atoms with E-state index in [1.54, 1.807) is 24.9 Å². The van der Waals surface area contributed by atoms with E-state index in [1.807, 2.05) is 35.6 Å². The smallest absolute Gasteiger partial charge is 0.264 e. The van der Waals surface area contributed by atoms with E-state index < -0.39 is 18.2 Å². The van der Waals surface area contributed by atoms with Crippen molar-refractivity contribution in [1.82, 2.24) is 103 Å². The predicted octanol–water partition coefficient (Wildman–Crippen LogP) is 10.1. The lowest BCUT2D eigenvalue weighted by atomic mass is 9.93. The van der Waals surface area contributed by atoms with Crippen LogP contribution in [0.1, 0.15) is 175 Å². The molecule has 5 fully saturated rings. The number of H-pyrrole nitrogens is 2. The first-order chi connectivity index (χ1) is 41.7. The Hall–Kier alpha value is -7.36. The number of aromatic amines is 2. The third-order valence-corrected chi connectivity index (χ3v) is 21.3. The molecule has 25 nitrogen and oxygen atoms in total. The maximum absolute atomic E-state index is 11.7. The molecule has 0 aliphatic heterocycles. The number of ether oxygens (including phenoxy) is 1. The molecule has 16 rings (SSSR count). The van der Waals surface area contributed by atoms with Gasteiger partial charge in [0.15, 0.2) is 39.7 Å². The van der Waals surface area contributed by atoms with Crippen LogP contribution in [0.25, 0.3) is 50.4 Å². The van der Waals surface area contributed by atoms with E-state index in [9.17, 15) is 8.42 Å². The van der Waals surface area contributed by atoms with Crippen molar-refractivity contribution in [2.24, 2.45) is 17.8 Å². The Kier molecular flexibility index (Phi) is 14.9. The Bertz CT molecular complexity index is 4310. The zero-order chi connectivity index (χ0) is 59.0. The van der Waals surface area contributed by atoms with Crippen LogP contribution in [0, 0.1) is 17.8 Å². The Morgan fingerprint density at radius 2 is 1.17 bits per heavy atom. The summed E-state index contributed by atoms with van der Waals surface area (Å²) in [6.45, 7) is 14.9. The van der Waals surface area contributed by atoms with Crippen LogP contribution >= 0.6 is 0 Å². The Morgan fingerprint density at radius 1 is 0.616 bits per heavy atom. The molecule has 5 saturated carbocycles. The predicted molar refractivity (Wildman–Crippen MR) is 325 cm³/mol. The van der Waals surface area contributed by atoms with Gasteiger partial charge < -0.3 is 19.3 Å². The highest BCUT2D eigenvalue weighted by Gasteiger charge is 2.43. The Morgan fingerprint density at radius 3 is 1.76 bits per heavy atom. The summed E-state index contributed by atoms with van der Waals surface area (Å²) in [6.07, 6.45) is 29.4. The van der Waals surface area contributed by atoms with Gasteiger partial charge in [-0.1, -0.05) is 59.7 Å². The van der Waals surface area contributed by atoms with Crippen molar-refractivity contribution in [3.8, 4) is 0 Å². The fourth-order valence-electron chi connectivity index (χ4n) is 14.2. The molecule has 452 valence electrons. The number of fused-ring (bicyclic) bond motifs is 9. The van der Waals surface area contributed by atoms with E-state index in [-0.39, 0.29) is 17.9 Å². The lowest BCUT2D eigenvalue weighted by Crippen LogP contribution is -2.22. The van der Waals surface area contributed by atoms with E-state index in [0.29, 0.717) is 72.8 Å². The maximum atomic E-state index is 11.7. The topological polar surface area (TPSA) is 280 Å². The van der Waals surface area contributed by atoms with Gasteiger partial charge in [-0.05, 0) is 106 Å². The molecule has 86 heavy (non-hydrogen) atoms. The van der Waals surface area contributed by atoms with Crippen molar-refractivity contribution < 1.29 is 17.3 Å². The lowest BCUT2D eigenvalue weighted by molar-refractivity contribution is 0.0899. The molecule has 27 heteroatoms. The van der Waals surface area contributed by atoms with E-state index in [1.165, 1.54) is 31.5 Å². The molecule has 2 N–H and O–H groups in total. The zero-order valence-electron chi connectivity index (χ0n) is 50.1. The summed E-state index contributed by atoms with van der Waals surface area (Å²) in [5.41, 5.74) is 7.90. The van der Waals surface area contributed by atoms with Crippen LogP contribution in [0.2, 0.25) is 25.7 Å². The molecule has 11 aromatic rings. The summed E-state index contributed by atoms with van der Waals surface area (Å²) < 4.78 is 47.3. The van der Waals surface area contributed by atoms with Crippen LogP contribution in [-0.2, 0) is 25.8 Å².